The third-order valence-electron chi connectivity index (χ3n) is 4.14. The van der Waals surface area contributed by atoms with Crippen LogP contribution in [-0.4, -0.2) is 36.7 Å². The van der Waals surface area contributed by atoms with Crippen molar-refractivity contribution < 1.29 is 31.8 Å². The van der Waals surface area contributed by atoms with Gasteiger partial charge in [0.05, 0.1) is 6.61 Å². The van der Waals surface area contributed by atoms with Gasteiger partial charge in [0.15, 0.2) is 4.80 Å². The fourth-order valence-corrected chi connectivity index (χ4v) is 3.97. The van der Waals surface area contributed by atoms with Crippen molar-refractivity contribution >= 4 is 17.2 Å². The Balaban J connectivity index is 2.44. The molecule has 1 amide bonds. The van der Waals surface area contributed by atoms with Crippen LogP contribution in [0, 0.1) is 6.92 Å². The van der Waals surface area contributed by atoms with Crippen molar-refractivity contribution in [1.29, 1.82) is 0 Å². The summed E-state index contributed by atoms with van der Waals surface area (Å²) in [5.74, 6) is -1.25. The first-order valence-corrected chi connectivity index (χ1v) is 9.92. The summed E-state index contributed by atoms with van der Waals surface area (Å²) in [6, 6.07) is 4.65. The van der Waals surface area contributed by atoms with Crippen LogP contribution >= 0.6 is 11.3 Å². The van der Waals surface area contributed by atoms with E-state index in [1.54, 1.807) is 7.11 Å². The van der Waals surface area contributed by atoms with E-state index in [4.69, 9.17) is 4.74 Å². The second kappa shape index (κ2) is 9.30. The Morgan fingerprint density at radius 3 is 2.50 bits per heavy atom. The third-order valence-corrected chi connectivity index (χ3v) is 5.75. The van der Waals surface area contributed by atoms with Crippen LogP contribution in [0.3, 0.4) is 0 Å². The van der Waals surface area contributed by atoms with Crippen LogP contribution in [0.5, 0.6) is 5.75 Å². The molecule has 30 heavy (non-hydrogen) atoms. The molecule has 0 unspecified atom stereocenters. The smallest absolute Gasteiger partial charge is 0.428 e. The second-order valence-corrected chi connectivity index (χ2v) is 8.58. The number of rotatable bonds is 7. The Kier molecular flexibility index (Phi) is 7.46. The zero-order chi connectivity index (χ0) is 22.7. The predicted molar refractivity (Wildman–Crippen MR) is 106 cm³/mol. The fraction of sp³-hybridized carbons (Fsp3) is 0.500. The van der Waals surface area contributed by atoms with Crippen LogP contribution in [0.2, 0.25) is 0 Å². The summed E-state index contributed by atoms with van der Waals surface area (Å²) in [7, 11) is 1.57. The molecule has 0 spiro atoms. The van der Waals surface area contributed by atoms with Gasteiger partial charge in [-0.05, 0) is 30.5 Å². The van der Waals surface area contributed by atoms with Crippen molar-refractivity contribution in [1.82, 2.24) is 4.57 Å². The number of aromatic nitrogens is 1. The van der Waals surface area contributed by atoms with Crippen LogP contribution in [-0.2, 0) is 16.7 Å². The van der Waals surface area contributed by atoms with E-state index in [0.29, 0.717) is 18.0 Å². The number of thiazole rings is 1. The molecular formula is C20H24F4N2O3S. The highest BCUT2D eigenvalue weighted by Crippen LogP contribution is 2.29. The Morgan fingerprint density at radius 1 is 1.27 bits per heavy atom. The zero-order valence-electron chi connectivity index (χ0n) is 17.3. The first-order chi connectivity index (χ1) is 13.9. The number of benzene rings is 1. The number of ether oxygens (including phenoxy) is 2. The highest BCUT2D eigenvalue weighted by molar-refractivity contribution is 7.09. The summed E-state index contributed by atoms with van der Waals surface area (Å²) in [6.45, 7) is 8.95. The molecule has 2 rings (SSSR count). The van der Waals surface area contributed by atoms with E-state index >= 15 is 0 Å². The lowest BCUT2D eigenvalue weighted by molar-refractivity contribution is -0.253. The maximum Gasteiger partial charge on any atom is 0.461 e. The summed E-state index contributed by atoms with van der Waals surface area (Å²) in [5, 5.41) is 0. The Hall–Kier alpha value is -2.20. The van der Waals surface area contributed by atoms with Crippen LogP contribution < -0.4 is 9.54 Å². The van der Waals surface area contributed by atoms with Gasteiger partial charge in [0.25, 0.3) is 5.91 Å². The van der Waals surface area contributed by atoms with Gasteiger partial charge in [0.1, 0.15) is 5.75 Å². The number of carbonyl (C=O) groups is 1. The van der Waals surface area contributed by atoms with Gasteiger partial charge < -0.3 is 14.0 Å². The average Bonchev–Trinajstić information content (AvgIpc) is 2.95. The summed E-state index contributed by atoms with van der Waals surface area (Å²) < 4.78 is 62.0. The number of halogens is 4. The van der Waals surface area contributed by atoms with E-state index in [-0.39, 0.29) is 11.0 Å². The average molecular weight is 448 g/mol. The normalized spacial score (nSPS) is 13.2. The molecule has 166 valence electrons. The first-order valence-electron chi connectivity index (χ1n) is 9.10. The van der Waals surface area contributed by atoms with Gasteiger partial charge in [0.2, 0.25) is 0 Å². The molecule has 1 heterocycles. The van der Waals surface area contributed by atoms with Gasteiger partial charge in [-0.3, -0.25) is 4.79 Å². The standard InChI is InChI=1S/C20H24F4N2O3S/c1-12-15(19(2,3)4)30-18(26(12)9-10-28-5)25-16(27)13-7-6-8-14(11-13)29-20(23,24)17(21)22/h6-8,11,17H,9-10H2,1-5H3/b25-18-. The molecule has 0 N–H and O–H groups in total. The van der Waals surface area contributed by atoms with E-state index in [1.165, 1.54) is 23.5 Å². The lowest BCUT2D eigenvalue weighted by Gasteiger charge is -2.17. The minimum atomic E-state index is -4.66. The van der Waals surface area contributed by atoms with Crippen molar-refractivity contribution in [2.45, 2.75) is 52.2 Å². The van der Waals surface area contributed by atoms with Gasteiger partial charge in [-0.25, -0.2) is 0 Å². The molecule has 5 nitrogen and oxygen atoms in total. The Bertz CT molecular complexity index is 962. The molecule has 0 aliphatic carbocycles. The molecule has 0 atom stereocenters. The number of carbonyl (C=O) groups excluding carboxylic acids is 1. The summed E-state index contributed by atoms with van der Waals surface area (Å²) in [6.07, 6.45) is -8.65. The number of hydrogen-bond acceptors (Lipinski definition) is 4. The van der Waals surface area contributed by atoms with Crippen molar-refractivity contribution in [2.24, 2.45) is 4.99 Å². The highest BCUT2D eigenvalue weighted by Gasteiger charge is 2.44. The van der Waals surface area contributed by atoms with E-state index in [2.05, 4.69) is 9.73 Å². The molecule has 10 heteroatoms. The minimum absolute atomic E-state index is 0.0563. The molecule has 0 bridgehead atoms. The van der Waals surface area contributed by atoms with Crippen LogP contribution in [0.15, 0.2) is 29.3 Å². The van der Waals surface area contributed by atoms with Crippen molar-refractivity contribution in [3.63, 3.8) is 0 Å². The van der Waals surface area contributed by atoms with E-state index in [9.17, 15) is 22.4 Å². The molecule has 0 aliphatic rings. The summed E-state index contributed by atoms with van der Waals surface area (Å²) in [4.78, 5) is 18.3. The number of alkyl halides is 4. The van der Waals surface area contributed by atoms with Crippen LogP contribution in [0.25, 0.3) is 0 Å². The van der Waals surface area contributed by atoms with Gasteiger partial charge >= 0.3 is 12.5 Å². The fourth-order valence-electron chi connectivity index (χ4n) is 2.76. The van der Waals surface area contributed by atoms with Crippen LogP contribution in [0.4, 0.5) is 17.6 Å². The minimum Gasteiger partial charge on any atom is -0.428 e. The van der Waals surface area contributed by atoms with Crippen LogP contribution in [0.1, 0.15) is 41.7 Å². The molecule has 1 aromatic carbocycles. The molecule has 1 aromatic heterocycles. The van der Waals surface area contributed by atoms with Gasteiger partial charge in [-0.2, -0.15) is 22.6 Å². The topological polar surface area (TPSA) is 52.8 Å². The van der Waals surface area contributed by atoms with E-state index < -0.39 is 24.2 Å². The second-order valence-electron chi connectivity index (χ2n) is 7.60. The quantitative estimate of drug-likeness (QED) is 0.573. The molecule has 2 aromatic rings. The van der Waals surface area contributed by atoms with Gasteiger partial charge in [-0.15, -0.1) is 11.3 Å². The lowest BCUT2D eigenvalue weighted by atomic mass is 9.93. The molecule has 0 radical (unpaired) electrons. The molecule has 0 saturated carbocycles. The molecule has 0 saturated heterocycles. The lowest BCUT2D eigenvalue weighted by Crippen LogP contribution is -2.33. The molecular weight excluding hydrogens is 424 g/mol. The van der Waals surface area contributed by atoms with E-state index in [1.807, 2.05) is 32.3 Å². The number of nitrogens with zero attached hydrogens (tertiary/aromatic N) is 2. The SMILES string of the molecule is COCCn1c(C)c(C(C)(C)C)s/c1=N\C(=O)c1cccc(OC(F)(F)C(F)F)c1. The Labute approximate surface area is 176 Å². The largest absolute Gasteiger partial charge is 0.461 e. The Morgan fingerprint density at radius 2 is 1.93 bits per heavy atom. The van der Waals surface area contributed by atoms with Crippen molar-refractivity contribution in [3.05, 3.63) is 45.2 Å². The maximum absolute atomic E-state index is 13.1. The van der Waals surface area contributed by atoms with Crippen molar-refractivity contribution in [3.8, 4) is 5.75 Å². The third kappa shape index (κ3) is 5.69. The highest BCUT2D eigenvalue weighted by atomic mass is 32.1. The molecule has 0 fully saturated rings. The zero-order valence-corrected chi connectivity index (χ0v) is 18.2. The predicted octanol–water partition coefficient (Wildman–Crippen LogP) is 4.78. The molecule has 0 aliphatic heterocycles. The van der Waals surface area contributed by atoms with Gasteiger partial charge in [-0.1, -0.05) is 26.8 Å². The van der Waals surface area contributed by atoms with E-state index in [0.717, 1.165) is 22.7 Å². The number of methoxy groups -OCH3 is 1. The maximum atomic E-state index is 13.1. The summed E-state index contributed by atoms with van der Waals surface area (Å²) >= 11 is 1.35. The number of amides is 1. The monoisotopic (exact) mass is 448 g/mol. The first kappa shape index (κ1) is 24.1. The summed E-state index contributed by atoms with van der Waals surface area (Å²) in [5.41, 5.74) is 0.721. The van der Waals surface area contributed by atoms with Crippen molar-refractivity contribution in [2.75, 3.05) is 13.7 Å². The number of hydrogen-bond donors (Lipinski definition) is 0. The van der Waals surface area contributed by atoms with Gasteiger partial charge in [0, 0.05) is 29.8 Å².